The van der Waals surface area contributed by atoms with Gasteiger partial charge in [-0.15, -0.1) is 0 Å². The number of carboxylic acids is 1. The van der Waals surface area contributed by atoms with Gasteiger partial charge in [-0.05, 0) is 6.07 Å². The summed E-state index contributed by atoms with van der Waals surface area (Å²) < 4.78 is 0. The number of aliphatic carboxylic acids is 1. The lowest BCUT2D eigenvalue weighted by Crippen LogP contribution is -2.41. The van der Waals surface area contributed by atoms with Crippen molar-refractivity contribution in [1.82, 2.24) is 15.5 Å². The summed E-state index contributed by atoms with van der Waals surface area (Å²) in [6.07, 6.45) is -0.0548. The van der Waals surface area contributed by atoms with Gasteiger partial charge in [-0.3, -0.25) is 9.89 Å². The van der Waals surface area contributed by atoms with Gasteiger partial charge in [0.15, 0.2) is 0 Å². The fraction of sp³-hybridized carbons (Fsp3) is 0.214. The predicted octanol–water partition coefficient (Wildman–Crippen LogP) is 0.642. The number of H-pyrrole nitrogens is 1. The van der Waals surface area contributed by atoms with Crippen LogP contribution in [0.3, 0.4) is 0 Å². The van der Waals surface area contributed by atoms with Crippen molar-refractivity contribution in [1.29, 1.82) is 0 Å². The molecule has 1 aromatic carbocycles. The number of benzene rings is 1. The van der Waals surface area contributed by atoms with Crippen LogP contribution in [0.15, 0.2) is 36.4 Å². The van der Waals surface area contributed by atoms with E-state index in [2.05, 4.69) is 15.5 Å². The number of carbonyl (C=O) groups is 2. The second-order valence-corrected chi connectivity index (χ2v) is 4.41. The summed E-state index contributed by atoms with van der Waals surface area (Å²) in [5, 5.41) is 26.6. The van der Waals surface area contributed by atoms with Gasteiger partial charge in [-0.25, -0.2) is 4.79 Å². The highest BCUT2D eigenvalue weighted by Gasteiger charge is 2.21. The molecule has 110 valence electrons. The number of nitrogens with one attached hydrogen (secondary N) is 2. The number of aliphatic hydroxyl groups excluding tert-OH is 1. The minimum Gasteiger partial charge on any atom is -0.480 e. The molecule has 7 nitrogen and oxygen atoms in total. The average molecular weight is 289 g/mol. The molecule has 7 heteroatoms. The molecule has 2 rings (SSSR count). The Kier molecular flexibility index (Phi) is 4.68. The van der Waals surface area contributed by atoms with Crippen LogP contribution in [0.4, 0.5) is 0 Å². The normalized spacial score (nSPS) is 11.9. The second-order valence-electron chi connectivity index (χ2n) is 4.41. The Labute approximate surface area is 120 Å². The van der Waals surface area contributed by atoms with Crippen LogP contribution in [-0.2, 0) is 4.79 Å². The van der Waals surface area contributed by atoms with E-state index in [1.165, 1.54) is 0 Å². The largest absolute Gasteiger partial charge is 0.480 e. The van der Waals surface area contributed by atoms with Gasteiger partial charge in [0.05, 0.1) is 5.69 Å². The van der Waals surface area contributed by atoms with E-state index in [1.807, 2.05) is 30.3 Å². The summed E-state index contributed by atoms with van der Waals surface area (Å²) >= 11 is 0. The minimum absolute atomic E-state index is 0.0548. The van der Waals surface area contributed by atoms with Gasteiger partial charge >= 0.3 is 5.97 Å². The summed E-state index contributed by atoms with van der Waals surface area (Å²) in [6, 6.07) is 9.69. The molecule has 1 heterocycles. The number of hydrogen-bond donors (Lipinski definition) is 4. The maximum atomic E-state index is 12.0. The Bertz CT molecular complexity index is 624. The molecule has 0 aliphatic carbocycles. The van der Waals surface area contributed by atoms with E-state index in [0.29, 0.717) is 5.69 Å². The van der Waals surface area contributed by atoms with Crippen LogP contribution in [0.25, 0.3) is 11.3 Å². The molecule has 2 aromatic rings. The number of nitrogens with zero attached hydrogens (tertiary/aromatic N) is 1. The van der Waals surface area contributed by atoms with Crippen LogP contribution >= 0.6 is 0 Å². The van der Waals surface area contributed by atoms with E-state index in [1.54, 1.807) is 6.07 Å². The predicted molar refractivity (Wildman–Crippen MR) is 74.6 cm³/mol. The SMILES string of the molecule is O=C(N[C@H](CCO)C(=O)O)c1cc(-c2ccccc2)n[nH]1. The first kappa shape index (κ1) is 14.7. The molecule has 0 bridgehead atoms. The van der Waals surface area contributed by atoms with Gasteiger partial charge < -0.3 is 15.5 Å². The third-order valence-electron chi connectivity index (χ3n) is 2.91. The maximum Gasteiger partial charge on any atom is 0.326 e. The topological polar surface area (TPSA) is 115 Å². The molecular weight excluding hydrogens is 274 g/mol. The summed E-state index contributed by atoms with van der Waals surface area (Å²) in [5.74, 6) is -1.77. The van der Waals surface area contributed by atoms with Crippen molar-refractivity contribution in [3.63, 3.8) is 0 Å². The molecule has 1 aromatic heterocycles. The highest BCUT2D eigenvalue weighted by molar-refractivity contribution is 5.95. The molecular formula is C14H15N3O4. The van der Waals surface area contributed by atoms with Crippen LogP contribution in [0.1, 0.15) is 16.9 Å². The van der Waals surface area contributed by atoms with Gasteiger partial charge in [-0.1, -0.05) is 30.3 Å². The molecule has 21 heavy (non-hydrogen) atoms. The van der Waals surface area contributed by atoms with E-state index in [4.69, 9.17) is 10.2 Å². The zero-order valence-corrected chi connectivity index (χ0v) is 11.1. The number of amides is 1. The van der Waals surface area contributed by atoms with Crippen molar-refractivity contribution < 1.29 is 19.8 Å². The van der Waals surface area contributed by atoms with Crippen molar-refractivity contribution in [2.75, 3.05) is 6.61 Å². The summed E-state index contributed by atoms with van der Waals surface area (Å²) in [4.78, 5) is 22.9. The maximum absolute atomic E-state index is 12.0. The number of rotatable bonds is 6. The third kappa shape index (κ3) is 3.67. The smallest absolute Gasteiger partial charge is 0.326 e. The van der Waals surface area contributed by atoms with Crippen LogP contribution in [0, 0.1) is 0 Å². The summed E-state index contributed by atoms with van der Waals surface area (Å²) in [5.41, 5.74) is 1.60. The molecule has 0 radical (unpaired) electrons. The Morgan fingerprint density at radius 3 is 2.62 bits per heavy atom. The molecule has 0 saturated heterocycles. The van der Waals surface area contributed by atoms with E-state index in [9.17, 15) is 9.59 Å². The molecule has 0 unspecified atom stereocenters. The number of aromatic amines is 1. The van der Waals surface area contributed by atoms with Crippen molar-refractivity contribution >= 4 is 11.9 Å². The average Bonchev–Trinajstić information content (AvgIpc) is 2.97. The third-order valence-corrected chi connectivity index (χ3v) is 2.91. The first-order chi connectivity index (χ1) is 10.1. The zero-order valence-electron chi connectivity index (χ0n) is 11.1. The van der Waals surface area contributed by atoms with E-state index in [-0.39, 0.29) is 18.7 Å². The number of aliphatic hydroxyl groups is 1. The van der Waals surface area contributed by atoms with Crippen molar-refractivity contribution in [3.8, 4) is 11.3 Å². The van der Waals surface area contributed by atoms with Crippen molar-refractivity contribution in [2.24, 2.45) is 0 Å². The fourth-order valence-corrected chi connectivity index (χ4v) is 1.82. The Morgan fingerprint density at radius 1 is 1.29 bits per heavy atom. The summed E-state index contributed by atoms with van der Waals surface area (Å²) in [6.45, 7) is -0.324. The molecule has 4 N–H and O–H groups in total. The standard InChI is InChI=1S/C14H15N3O4/c18-7-6-10(14(20)21)15-13(19)12-8-11(16-17-12)9-4-2-1-3-5-9/h1-5,8,10,18H,6-7H2,(H,15,19)(H,16,17)(H,20,21)/t10-/m1/s1. The molecule has 0 spiro atoms. The molecule has 0 fully saturated rings. The Morgan fingerprint density at radius 2 is 2.00 bits per heavy atom. The number of carbonyl (C=O) groups excluding carboxylic acids is 1. The first-order valence-corrected chi connectivity index (χ1v) is 6.37. The molecule has 1 amide bonds. The zero-order chi connectivity index (χ0) is 15.2. The highest BCUT2D eigenvalue weighted by Crippen LogP contribution is 2.16. The van der Waals surface area contributed by atoms with E-state index >= 15 is 0 Å². The fourth-order valence-electron chi connectivity index (χ4n) is 1.82. The van der Waals surface area contributed by atoms with Crippen LogP contribution in [0.2, 0.25) is 0 Å². The first-order valence-electron chi connectivity index (χ1n) is 6.37. The van der Waals surface area contributed by atoms with Gasteiger partial charge in [0.2, 0.25) is 0 Å². The Balaban J connectivity index is 2.10. The highest BCUT2D eigenvalue weighted by atomic mass is 16.4. The molecule has 1 atom stereocenters. The monoisotopic (exact) mass is 289 g/mol. The van der Waals surface area contributed by atoms with Gasteiger partial charge in [0, 0.05) is 18.6 Å². The van der Waals surface area contributed by atoms with Crippen molar-refractivity contribution in [3.05, 3.63) is 42.1 Å². The number of carboxylic acid groups (broad SMARTS) is 1. The van der Waals surface area contributed by atoms with Gasteiger partial charge in [-0.2, -0.15) is 5.10 Å². The number of aromatic nitrogens is 2. The lowest BCUT2D eigenvalue weighted by Gasteiger charge is -2.11. The lowest BCUT2D eigenvalue weighted by molar-refractivity contribution is -0.139. The van der Waals surface area contributed by atoms with Crippen LogP contribution in [0.5, 0.6) is 0 Å². The van der Waals surface area contributed by atoms with Gasteiger partial charge in [0.25, 0.3) is 5.91 Å². The second kappa shape index (κ2) is 6.67. The summed E-state index contributed by atoms with van der Waals surface area (Å²) in [7, 11) is 0. The minimum atomic E-state index is -1.19. The van der Waals surface area contributed by atoms with Gasteiger partial charge in [0.1, 0.15) is 11.7 Å². The quantitative estimate of drug-likeness (QED) is 0.623. The molecule has 0 aliphatic heterocycles. The van der Waals surface area contributed by atoms with Crippen LogP contribution < -0.4 is 5.32 Å². The van der Waals surface area contributed by atoms with Crippen molar-refractivity contribution in [2.45, 2.75) is 12.5 Å². The lowest BCUT2D eigenvalue weighted by atomic mass is 10.1. The number of hydrogen-bond acceptors (Lipinski definition) is 4. The van der Waals surface area contributed by atoms with E-state index in [0.717, 1.165) is 5.56 Å². The Hall–Kier alpha value is -2.67. The van der Waals surface area contributed by atoms with Crippen LogP contribution in [-0.4, -0.2) is 44.9 Å². The molecule has 0 aliphatic rings. The van der Waals surface area contributed by atoms with E-state index < -0.39 is 17.9 Å². The molecule has 0 saturated carbocycles.